The van der Waals surface area contributed by atoms with Crippen molar-refractivity contribution in [1.82, 2.24) is 39.5 Å². The molecule has 2 aromatic heterocycles. The third-order valence-electron chi connectivity index (χ3n) is 13.0. The highest BCUT2D eigenvalue weighted by molar-refractivity contribution is 6.35. The predicted molar refractivity (Wildman–Crippen MR) is 209 cm³/mol. The lowest BCUT2D eigenvalue weighted by atomic mass is 10.0. The number of hydrogen-bond donors (Lipinski definition) is 2. The van der Waals surface area contributed by atoms with Crippen LogP contribution in [0, 0.1) is 11.8 Å². The molecule has 4 aromatic rings. The zero-order chi connectivity index (χ0) is 38.2. The molecule has 10 rings (SSSR count). The molecule has 0 spiro atoms. The van der Waals surface area contributed by atoms with Crippen LogP contribution < -0.4 is 0 Å². The van der Waals surface area contributed by atoms with Crippen molar-refractivity contribution >= 4 is 23.6 Å². The van der Waals surface area contributed by atoms with Gasteiger partial charge in [0.05, 0.1) is 35.9 Å². The first-order chi connectivity index (χ1) is 27.2. The molecular weight excluding hydrogens is 705 g/mol. The van der Waals surface area contributed by atoms with Gasteiger partial charge in [0.2, 0.25) is 0 Å². The summed E-state index contributed by atoms with van der Waals surface area (Å²) in [5.41, 5.74) is 5.88. The molecule has 0 bridgehead atoms. The minimum atomic E-state index is -0.390. The first-order valence-electron chi connectivity index (χ1n) is 20.8. The molecule has 4 saturated carbocycles. The van der Waals surface area contributed by atoms with Crippen LogP contribution in [0.25, 0.3) is 33.6 Å². The summed E-state index contributed by atoms with van der Waals surface area (Å²) in [6, 6.07) is 17.1. The SMILES string of the molecule is CC1CCN(C(=O)C(=O)N(C2CC2)C2CC2)C1c1ncc(-c2ccc(-c3ccc(-c4cnc(C5C(C)CCN5C(=O)C(=O)N(C5CC5)C5CC5)[nH]4)cc3)cc2)[nH]1. The molecule has 4 atom stereocenters. The number of benzene rings is 2. The highest BCUT2D eigenvalue weighted by Crippen LogP contribution is 2.42. The van der Waals surface area contributed by atoms with Gasteiger partial charge in [-0.15, -0.1) is 0 Å². The van der Waals surface area contributed by atoms with Crippen molar-refractivity contribution in [2.24, 2.45) is 11.8 Å². The normalized spacial score (nSPS) is 24.8. The maximum absolute atomic E-state index is 13.6. The minimum absolute atomic E-state index is 0.190. The second-order valence-electron chi connectivity index (χ2n) is 17.3. The number of aromatic nitrogens is 4. The van der Waals surface area contributed by atoms with E-state index in [9.17, 15) is 19.2 Å². The number of imidazole rings is 2. The molecule has 4 heterocycles. The van der Waals surface area contributed by atoms with Crippen LogP contribution in [0.5, 0.6) is 0 Å². The topological polar surface area (TPSA) is 139 Å². The Balaban J connectivity index is 0.803. The third-order valence-corrected chi connectivity index (χ3v) is 13.0. The zero-order valence-corrected chi connectivity index (χ0v) is 32.2. The standard InChI is InChI=1S/C44H50N8O4/c1-25-19-21-49(41(53)43(55)51(31-11-12-31)32-13-14-32)37(25)39-45-23-35(47-39)29-7-3-27(4-8-29)28-5-9-30(10-6-28)36-24-46-40(48-36)38-26(2)20-22-50(38)42(54)44(56)52(33-15-16-33)34-17-18-34/h3-10,23-26,31-34,37-38H,11-22H2,1-2H3,(H,45,47)(H,46,48). The van der Waals surface area contributed by atoms with Gasteiger partial charge in [0.1, 0.15) is 11.6 Å². The Bertz CT molecular complexity index is 1980. The van der Waals surface area contributed by atoms with Crippen molar-refractivity contribution in [3.63, 3.8) is 0 Å². The number of H-pyrrole nitrogens is 2. The van der Waals surface area contributed by atoms with Gasteiger partial charge in [0.15, 0.2) is 0 Å². The van der Waals surface area contributed by atoms with Crippen LogP contribution in [0.4, 0.5) is 0 Å². The average molecular weight is 755 g/mol. The molecule has 2 aromatic carbocycles. The van der Waals surface area contributed by atoms with E-state index in [0.29, 0.717) is 13.1 Å². The molecule has 0 radical (unpaired) electrons. The zero-order valence-electron chi connectivity index (χ0n) is 32.2. The summed E-state index contributed by atoms with van der Waals surface area (Å²) in [6.07, 6.45) is 13.3. The van der Waals surface area contributed by atoms with E-state index in [0.717, 1.165) is 109 Å². The van der Waals surface area contributed by atoms with Gasteiger partial charge in [0, 0.05) is 37.3 Å². The number of nitrogens with one attached hydrogen (secondary N) is 2. The highest BCUT2D eigenvalue weighted by Gasteiger charge is 2.49. The smallest absolute Gasteiger partial charge is 0.312 e. The molecule has 12 heteroatoms. The van der Waals surface area contributed by atoms with Gasteiger partial charge in [-0.3, -0.25) is 19.2 Å². The Kier molecular flexibility index (Phi) is 8.63. The van der Waals surface area contributed by atoms with Crippen LogP contribution in [0.2, 0.25) is 0 Å². The Labute approximate surface area is 327 Å². The number of carbonyl (C=O) groups excluding carboxylic acids is 4. The Morgan fingerprint density at radius 1 is 0.518 bits per heavy atom. The Hall–Kier alpha value is -5.26. The van der Waals surface area contributed by atoms with E-state index in [4.69, 9.17) is 9.97 Å². The van der Waals surface area contributed by atoms with Gasteiger partial charge < -0.3 is 29.6 Å². The molecule has 2 N–H and O–H groups in total. The van der Waals surface area contributed by atoms with Gasteiger partial charge >= 0.3 is 23.6 Å². The largest absolute Gasteiger partial charge is 0.340 e. The van der Waals surface area contributed by atoms with Gasteiger partial charge in [0.25, 0.3) is 0 Å². The van der Waals surface area contributed by atoms with E-state index in [2.05, 4.69) is 72.3 Å². The van der Waals surface area contributed by atoms with Crippen LogP contribution >= 0.6 is 0 Å². The van der Waals surface area contributed by atoms with E-state index in [1.165, 1.54) is 0 Å². The second-order valence-corrected chi connectivity index (χ2v) is 17.3. The summed E-state index contributed by atoms with van der Waals surface area (Å²) in [5, 5.41) is 0. The summed E-state index contributed by atoms with van der Waals surface area (Å²) in [5.74, 6) is 0.370. The molecule has 6 fully saturated rings. The fraction of sp³-hybridized carbons (Fsp3) is 0.500. The number of amides is 4. The molecule has 2 aliphatic heterocycles. The summed E-state index contributed by atoms with van der Waals surface area (Å²) >= 11 is 0. The fourth-order valence-corrected chi connectivity index (χ4v) is 9.27. The van der Waals surface area contributed by atoms with Crippen molar-refractivity contribution < 1.29 is 19.2 Å². The average Bonchev–Trinajstić information content (AvgIpc) is 4.08. The maximum Gasteiger partial charge on any atom is 0.312 e. The van der Waals surface area contributed by atoms with Gasteiger partial charge in [-0.1, -0.05) is 62.4 Å². The van der Waals surface area contributed by atoms with Gasteiger partial charge in [-0.2, -0.15) is 0 Å². The van der Waals surface area contributed by atoms with Crippen molar-refractivity contribution in [2.75, 3.05) is 13.1 Å². The summed E-state index contributed by atoms with van der Waals surface area (Å²) in [4.78, 5) is 77.6. The van der Waals surface area contributed by atoms with Crippen LogP contribution in [-0.4, -0.2) is 100 Å². The molecule has 12 nitrogen and oxygen atoms in total. The lowest BCUT2D eigenvalue weighted by Gasteiger charge is -2.28. The van der Waals surface area contributed by atoms with E-state index in [1.807, 2.05) is 22.2 Å². The molecule has 4 unspecified atom stereocenters. The molecular formula is C44H50N8O4. The van der Waals surface area contributed by atoms with E-state index < -0.39 is 11.8 Å². The van der Waals surface area contributed by atoms with Crippen molar-refractivity contribution in [2.45, 2.75) is 114 Å². The number of aromatic amines is 2. The van der Waals surface area contributed by atoms with E-state index in [-0.39, 0.29) is 59.9 Å². The fourth-order valence-electron chi connectivity index (χ4n) is 9.27. The summed E-state index contributed by atoms with van der Waals surface area (Å²) in [7, 11) is 0. The van der Waals surface area contributed by atoms with Crippen molar-refractivity contribution in [1.29, 1.82) is 0 Å². The summed E-state index contributed by atoms with van der Waals surface area (Å²) < 4.78 is 0. The molecule has 6 aliphatic rings. The van der Waals surface area contributed by atoms with E-state index >= 15 is 0 Å². The van der Waals surface area contributed by atoms with Crippen molar-refractivity contribution in [3.05, 3.63) is 72.6 Å². The second kappa shape index (κ2) is 13.7. The highest BCUT2D eigenvalue weighted by atomic mass is 16.2. The van der Waals surface area contributed by atoms with Gasteiger partial charge in [-0.25, -0.2) is 9.97 Å². The number of rotatable bonds is 9. The first-order valence-corrected chi connectivity index (χ1v) is 20.8. The van der Waals surface area contributed by atoms with Crippen LogP contribution in [0.1, 0.15) is 102 Å². The van der Waals surface area contributed by atoms with Gasteiger partial charge in [-0.05, 0) is 98.3 Å². The quantitative estimate of drug-likeness (QED) is 0.194. The predicted octanol–water partition coefficient (Wildman–Crippen LogP) is 6.26. The maximum atomic E-state index is 13.6. The molecule has 4 amide bonds. The lowest BCUT2D eigenvalue weighted by Crippen LogP contribution is -2.47. The number of carbonyl (C=O) groups is 4. The Morgan fingerprint density at radius 3 is 1.16 bits per heavy atom. The number of hydrogen-bond acceptors (Lipinski definition) is 6. The number of likely N-dealkylation sites (tertiary alicyclic amines) is 2. The molecule has 56 heavy (non-hydrogen) atoms. The first kappa shape index (κ1) is 35.2. The molecule has 2 saturated heterocycles. The third kappa shape index (κ3) is 6.50. The minimum Gasteiger partial charge on any atom is -0.340 e. The van der Waals surface area contributed by atoms with E-state index in [1.54, 1.807) is 9.80 Å². The number of nitrogens with zero attached hydrogens (tertiary/aromatic N) is 6. The van der Waals surface area contributed by atoms with Crippen LogP contribution in [0.3, 0.4) is 0 Å². The summed E-state index contributed by atoms with van der Waals surface area (Å²) in [6.45, 7) is 5.38. The lowest BCUT2D eigenvalue weighted by molar-refractivity contribution is -0.153. The Morgan fingerprint density at radius 2 is 0.839 bits per heavy atom. The monoisotopic (exact) mass is 754 g/mol. The van der Waals surface area contributed by atoms with Crippen LogP contribution in [-0.2, 0) is 19.2 Å². The molecule has 4 aliphatic carbocycles. The molecule has 290 valence electrons. The van der Waals surface area contributed by atoms with Crippen LogP contribution in [0.15, 0.2) is 60.9 Å². The van der Waals surface area contributed by atoms with Crippen molar-refractivity contribution in [3.8, 4) is 33.6 Å².